The van der Waals surface area contributed by atoms with Crippen molar-refractivity contribution in [3.8, 4) is 0 Å². The van der Waals surface area contributed by atoms with E-state index in [1.165, 1.54) is 0 Å². The molecular formula is C7H10N6O. The van der Waals surface area contributed by atoms with Gasteiger partial charge in [0, 0.05) is 6.04 Å². The largest absolute Gasteiger partial charge is 0.381 e. The van der Waals surface area contributed by atoms with Crippen LogP contribution in [0.2, 0.25) is 0 Å². The molecule has 0 amide bonds. The van der Waals surface area contributed by atoms with E-state index >= 15 is 0 Å². The van der Waals surface area contributed by atoms with Gasteiger partial charge in [0.1, 0.15) is 0 Å². The summed E-state index contributed by atoms with van der Waals surface area (Å²) < 4.78 is 4.47. The summed E-state index contributed by atoms with van der Waals surface area (Å²) >= 11 is 0. The van der Waals surface area contributed by atoms with Gasteiger partial charge in [-0.25, -0.2) is 14.6 Å². The third kappa shape index (κ3) is 1.43. The Morgan fingerprint density at radius 1 is 1.21 bits per heavy atom. The minimum Gasteiger partial charge on any atom is -0.381 e. The predicted molar refractivity (Wildman–Crippen MR) is 50.6 cm³/mol. The minimum atomic E-state index is 0.226. The van der Waals surface area contributed by atoms with Gasteiger partial charge >= 0.3 is 0 Å². The van der Waals surface area contributed by atoms with Gasteiger partial charge in [-0.1, -0.05) is 0 Å². The van der Waals surface area contributed by atoms with Crippen LogP contribution in [0.5, 0.6) is 0 Å². The Morgan fingerprint density at radius 2 is 1.86 bits per heavy atom. The maximum absolute atomic E-state index is 5.65. The Bertz CT molecular complexity index is 450. The summed E-state index contributed by atoms with van der Waals surface area (Å²) in [6.45, 7) is 3.96. The third-order valence-corrected chi connectivity index (χ3v) is 1.57. The van der Waals surface area contributed by atoms with Gasteiger partial charge in [-0.2, -0.15) is 0 Å². The molecule has 2 rings (SSSR count). The van der Waals surface area contributed by atoms with Gasteiger partial charge in [0.05, 0.1) is 0 Å². The lowest BCUT2D eigenvalue weighted by molar-refractivity contribution is 0.314. The summed E-state index contributed by atoms with van der Waals surface area (Å²) in [6, 6.07) is 0.226. The van der Waals surface area contributed by atoms with E-state index in [1.54, 1.807) is 0 Å². The zero-order valence-electron chi connectivity index (χ0n) is 7.85. The number of rotatable bonds is 2. The summed E-state index contributed by atoms with van der Waals surface area (Å²) in [5, 5.41) is 10.2. The van der Waals surface area contributed by atoms with E-state index in [1.807, 2.05) is 13.8 Å². The molecule has 2 aromatic rings. The molecule has 14 heavy (non-hydrogen) atoms. The predicted octanol–water partition coefficient (Wildman–Crippen LogP) is 0.415. The number of fused-ring (bicyclic) bond motifs is 1. The molecular weight excluding hydrogens is 184 g/mol. The van der Waals surface area contributed by atoms with E-state index < -0.39 is 0 Å². The first-order chi connectivity index (χ1) is 6.66. The first-order valence-corrected chi connectivity index (χ1v) is 4.19. The first kappa shape index (κ1) is 8.67. The quantitative estimate of drug-likeness (QED) is 0.713. The molecule has 7 nitrogen and oxygen atoms in total. The zero-order valence-corrected chi connectivity index (χ0v) is 7.85. The van der Waals surface area contributed by atoms with Crippen molar-refractivity contribution in [1.29, 1.82) is 0 Å². The second-order valence-corrected chi connectivity index (χ2v) is 3.17. The normalized spacial score (nSPS) is 11.1. The van der Waals surface area contributed by atoms with Crippen LogP contribution in [0.3, 0.4) is 0 Å². The Kier molecular flexibility index (Phi) is 1.91. The average Bonchev–Trinajstić information content (AvgIpc) is 2.51. The number of anilines is 2. The van der Waals surface area contributed by atoms with Crippen molar-refractivity contribution in [3.05, 3.63) is 0 Å². The molecule has 3 N–H and O–H groups in total. The fraction of sp³-hybridized carbons (Fsp3) is 0.429. The van der Waals surface area contributed by atoms with Crippen molar-refractivity contribution in [3.63, 3.8) is 0 Å². The molecule has 0 aliphatic carbocycles. The van der Waals surface area contributed by atoms with E-state index in [0.29, 0.717) is 22.9 Å². The molecule has 7 heteroatoms. The number of nitrogens with one attached hydrogen (secondary N) is 1. The number of nitrogens with zero attached hydrogens (tertiary/aromatic N) is 4. The van der Waals surface area contributed by atoms with Crippen LogP contribution in [0.25, 0.3) is 11.3 Å². The molecule has 0 fully saturated rings. The highest BCUT2D eigenvalue weighted by Gasteiger charge is 2.10. The molecule has 0 spiro atoms. The molecule has 0 saturated heterocycles. The molecule has 0 bridgehead atoms. The van der Waals surface area contributed by atoms with Crippen LogP contribution in [-0.4, -0.2) is 26.3 Å². The highest BCUT2D eigenvalue weighted by Crippen LogP contribution is 2.16. The number of nitrogen functional groups attached to an aromatic ring is 1. The first-order valence-electron chi connectivity index (χ1n) is 4.19. The van der Waals surface area contributed by atoms with Crippen molar-refractivity contribution in [2.75, 3.05) is 11.1 Å². The number of hydrogen-bond donors (Lipinski definition) is 2. The fourth-order valence-corrected chi connectivity index (χ4v) is 1.03. The second kappa shape index (κ2) is 3.09. The summed E-state index contributed by atoms with van der Waals surface area (Å²) in [5.74, 6) is 0.796. The van der Waals surface area contributed by atoms with Gasteiger partial charge < -0.3 is 11.1 Å². The van der Waals surface area contributed by atoms with E-state index in [-0.39, 0.29) is 6.04 Å². The second-order valence-electron chi connectivity index (χ2n) is 3.17. The van der Waals surface area contributed by atoms with Crippen LogP contribution in [0.4, 0.5) is 11.6 Å². The molecule has 2 heterocycles. The van der Waals surface area contributed by atoms with Crippen molar-refractivity contribution in [2.24, 2.45) is 0 Å². The highest BCUT2D eigenvalue weighted by molar-refractivity contribution is 5.71. The number of nitrogens with two attached hydrogens (primary N) is 1. The number of hydrogen-bond acceptors (Lipinski definition) is 7. The lowest BCUT2D eigenvalue weighted by Crippen LogP contribution is -2.13. The molecule has 74 valence electrons. The van der Waals surface area contributed by atoms with E-state index in [0.717, 1.165) is 0 Å². The smallest absolute Gasteiger partial charge is 0.245 e. The van der Waals surface area contributed by atoms with E-state index in [9.17, 15) is 0 Å². The number of aromatic nitrogens is 4. The monoisotopic (exact) mass is 194 g/mol. The van der Waals surface area contributed by atoms with Crippen LogP contribution in [0.15, 0.2) is 4.63 Å². The van der Waals surface area contributed by atoms with Crippen LogP contribution < -0.4 is 11.1 Å². The van der Waals surface area contributed by atoms with Gasteiger partial charge in [-0.3, -0.25) is 0 Å². The Balaban J connectivity index is 2.48. The summed E-state index contributed by atoms with van der Waals surface area (Å²) in [4.78, 5) is 8.08. The van der Waals surface area contributed by atoms with E-state index in [4.69, 9.17) is 5.73 Å². The lowest BCUT2D eigenvalue weighted by atomic mass is 10.4. The average molecular weight is 194 g/mol. The van der Waals surface area contributed by atoms with Crippen LogP contribution in [-0.2, 0) is 0 Å². The molecule has 0 saturated carbocycles. The van der Waals surface area contributed by atoms with Crippen molar-refractivity contribution in [1.82, 2.24) is 20.3 Å². The highest BCUT2D eigenvalue weighted by atomic mass is 16.6. The molecule has 0 aliphatic heterocycles. The maximum Gasteiger partial charge on any atom is 0.245 e. The van der Waals surface area contributed by atoms with Gasteiger partial charge in [0.25, 0.3) is 0 Å². The van der Waals surface area contributed by atoms with Gasteiger partial charge in [-0.05, 0) is 24.2 Å². The molecule has 0 aliphatic rings. The molecule has 2 aromatic heterocycles. The summed E-state index contributed by atoms with van der Waals surface area (Å²) in [5.41, 5.74) is 6.31. The van der Waals surface area contributed by atoms with Gasteiger partial charge in [0.2, 0.25) is 11.3 Å². The molecule has 0 unspecified atom stereocenters. The zero-order chi connectivity index (χ0) is 10.1. The summed E-state index contributed by atoms with van der Waals surface area (Å²) in [7, 11) is 0. The van der Waals surface area contributed by atoms with Crippen molar-refractivity contribution >= 4 is 22.9 Å². The van der Waals surface area contributed by atoms with E-state index in [2.05, 4.69) is 30.2 Å². The standard InChI is InChI=1S/C7H10N6O/c1-3(2)9-5-4(8)10-6-7(11-5)13-14-12-6/h3H,1-2H3,(H2,8,10,12)(H,9,11,13). The Morgan fingerprint density at radius 3 is 2.50 bits per heavy atom. The Hall–Kier alpha value is -1.92. The van der Waals surface area contributed by atoms with Crippen LogP contribution in [0, 0.1) is 0 Å². The minimum absolute atomic E-state index is 0.226. The Labute approximate surface area is 79.7 Å². The fourth-order valence-electron chi connectivity index (χ4n) is 1.03. The molecule has 0 aromatic carbocycles. The third-order valence-electron chi connectivity index (χ3n) is 1.57. The van der Waals surface area contributed by atoms with Gasteiger partial charge in [0.15, 0.2) is 11.6 Å². The lowest BCUT2D eigenvalue weighted by Gasteiger charge is -2.09. The van der Waals surface area contributed by atoms with Crippen molar-refractivity contribution in [2.45, 2.75) is 19.9 Å². The van der Waals surface area contributed by atoms with Crippen LogP contribution >= 0.6 is 0 Å². The van der Waals surface area contributed by atoms with Crippen molar-refractivity contribution < 1.29 is 4.63 Å². The maximum atomic E-state index is 5.65. The molecule has 0 radical (unpaired) electrons. The summed E-state index contributed by atoms with van der Waals surface area (Å²) in [6.07, 6.45) is 0. The molecule has 0 atom stereocenters. The van der Waals surface area contributed by atoms with Crippen LogP contribution in [0.1, 0.15) is 13.8 Å². The SMILES string of the molecule is CC(C)Nc1nc2nonc2nc1N. The van der Waals surface area contributed by atoms with Gasteiger partial charge in [-0.15, -0.1) is 0 Å². The topological polar surface area (TPSA) is 103 Å².